The molecule has 0 radical (unpaired) electrons. The molecule has 3 rings (SSSR count). The second-order valence-electron chi connectivity index (χ2n) is 4.31. The smallest absolute Gasteiger partial charge is 0.0794 e. The van der Waals surface area contributed by atoms with Gasteiger partial charge in [-0.15, -0.1) is 0 Å². The van der Waals surface area contributed by atoms with Crippen LogP contribution in [0.5, 0.6) is 0 Å². The molecule has 0 saturated heterocycles. The van der Waals surface area contributed by atoms with Crippen LogP contribution in [0.3, 0.4) is 0 Å². The SMILES string of the molecule is Cc1cccc2ccnc(-c3ccccc3Br)c12. The molecule has 2 aromatic carbocycles. The van der Waals surface area contributed by atoms with Crippen LogP contribution in [-0.4, -0.2) is 4.98 Å². The lowest BCUT2D eigenvalue weighted by molar-refractivity contribution is 1.34. The molecule has 1 nitrogen and oxygen atoms in total. The van der Waals surface area contributed by atoms with Crippen molar-refractivity contribution in [3.8, 4) is 11.3 Å². The van der Waals surface area contributed by atoms with E-state index in [9.17, 15) is 0 Å². The van der Waals surface area contributed by atoms with Crippen LogP contribution >= 0.6 is 15.9 Å². The first kappa shape index (κ1) is 11.4. The van der Waals surface area contributed by atoms with Gasteiger partial charge in [0.1, 0.15) is 0 Å². The Morgan fingerprint density at radius 3 is 2.61 bits per heavy atom. The molecule has 0 unspecified atom stereocenters. The van der Waals surface area contributed by atoms with E-state index < -0.39 is 0 Å². The van der Waals surface area contributed by atoms with Crippen LogP contribution < -0.4 is 0 Å². The number of hydrogen-bond acceptors (Lipinski definition) is 1. The van der Waals surface area contributed by atoms with E-state index in [1.165, 1.54) is 16.3 Å². The zero-order chi connectivity index (χ0) is 12.5. The van der Waals surface area contributed by atoms with Crippen molar-refractivity contribution in [2.75, 3.05) is 0 Å². The van der Waals surface area contributed by atoms with E-state index in [2.05, 4.69) is 58.2 Å². The van der Waals surface area contributed by atoms with E-state index in [1.807, 2.05) is 24.4 Å². The summed E-state index contributed by atoms with van der Waals surface area (Å²) in [7, 11) is 0. The van der Waals surface area contributed by atoms with Gasteiger partial charge in [-0.1, -0.05) is 52.3 Å². The summed E-state index contributed by atoms with van der Waals surface area (Å²) in [6.07, 6.45) is 1.87. The van der Waals surface area contributed by atoms with Crippen molar-refractivity contribution in [3.63, 3.8) is 0 Å². The molecule has 1 aromatic heterocycles. The molecule has 88 valence electrons. The van der Waals surface area contributed by atoms with E-state index in [1.54, 1.807) is 0 Å². The van der Waals surface area contributed by atoms with E-state index in [-0.39, 0.29) is 0 Å². The highest BCUT2D eigenvalue weighted by Gasteiger charge is 2.09. The third-order valence-electron chi connectivity index (χ3n) is 3.13. The highest BCUT2D eigenvalue weighted by molar-refractivity contribution is 9.10. The average molecular weight is 298 g/mol. The maximum atomic E-state index is 4.57. The molecule has 1 heterocycles. The fraction of sp³-hybridized carbons (Fsp3) is 0.0625. The van der Waals surface area contributed by atoms with Gasteiger partial charge in [0.2, 0.25) is 0 Å². The third-order valence-corrected chi connectivity index (χ3v) is 3.82. The quantitative estimate of drug-likeness (QED) is 0.618. The molecule has 0 aliphatic rings. The number of pyridine rings is 1. The Morgan fingerprint density at radius 1 is 0.944 bits per heavy atom. The summed E-state index contributed by atoms with van der Waals surface area (Å²) < 4.78 is 1.08. The van der Waals surface area contributed by atoms with Gasteiger partial charge in [0, 0.05) is 21.6 Å². The summed E-state index contributed by atoms with van der Waals surface area (Å²) in [5.41, 5.74) is 3.43. The standard InChI is InChI=1S/C16H12BrN/c1-11-5-4-6-12-9-10-18-16(15(11)12)13-7-2-3-8-14(13)17/h2-10H,1H3. The molecule has 2 heteroatoms. The number of hydrogen-bond donors (Lipinski definition) is 0. The minimum absolute atomic E-state index is 1.04. The molecule has 0 amide bonds. The first-order valence-electron chi connectivity index (χ1n) is 5.86. The maximum absolute atomic E-state index is 4.57. The Morgan fingerprint density at radius 2 is 1.78 bits per heavy atom. The van der Waals surface area contributed by atoms with Gasteiger partial charge in [-0.3, -0.25) is 4.98 Å². The van der Waals surface area contributed by atoms with Gasteiger partial charge < -0.3 is 0 Å². The summed E-state index contributed by atoms with van der Waals surface area (Å²) >= 11 is 3.60. The van der Waals surface area contributed by atoms with Crippen LogP contribution in [0.15, 0.2) is 59.2 Å². The van der Waals surface area contributed by atoms with Crippen LogP contribution in [0.25, 0.3) is 22.0 Å². The van der Waals surface area contributed by atoms with Crippen LogP contribution in [0.2, 0.25) is 0 Å². The van der Waals surface area contributed by atoms with Gasteiger partial charge in [0.05, 0.1) is 5.69 Å². The lowest BCUT2D eigenvalue weighted by atomic mass is 10.0. The van der Waals surface area contributed by atoms with Crippen LogP contribution in [0.4, 0.5) is 0 Å². The number of nitrogens with zero attached hydrogens (tertiary/aromatic N) is 1. The molecule has 0 bridgehead atoms. The molecule has 0 aliphatic heterocycles. The normalized spacial score (nSPS) is 10.8. The molecule has 0 atom stereocenters. The molecular weight excluding hydrogens is 286 g/mol. The second-order valence-corrected chi connectivity index (χ2v) is 5.17. The van der Waals surface area contributed by atoms with Crippen molar-refractivity contribution in [2.45, 2.75) is 6.92 Å². The predicted octanol–water partition coefficient (Wildman–Crippen LogP) is 4.97. The van der Waals surface area contributed by atoms with Gasteiger partial charge in [0.15, 0.2) is 0 Å². The summed E-state index contributed by atoms with van der Waals surface area (Å²) in [6.45, 7) is 2.13. The Hall–Kier alpha value is -1.67. The van der Waals surface area contributed by atoms with Crippen molar-refractivity contribution in [1.29, 1.82) is 0 Å². The lowest BCUT2D eigenvalue weighted by Gasteiger charge is -2.09. The molecular formula is C16H12BrN. The Bertz CT molecular complexity index is 714. The van der Waals surface area contributed by atoms with Crippen LogP contribution in [0.1, 0.15) is 5.56 Å². The zero-order valence-electron chi connectivity index (χ0n) is 10.0. The zero-order valence-corrected chi connectivity index (χ0v) is 11.6. The lowest BCUT2D eigenvalue weighted by Crippen LogP contribution is -1.89. The Labute approximate surface area is 115 Å². The molecule has 0 fully saturated rings. The summed E-state index contributed by atoms with van der Waals surface area (Å²) in [6, 6.07) is 16.6. The number of aromatic nitrogens is 1. The molecule has 0 N–H and O–H groups in total. The first-order valence-corrected chi connectivity index (χ1v) is 6.66. The fourth-order valence-corrected chi connectivity index (χ4v) is 2.74. The molecule has 3 aromatic rings. The summed E-state index contributed by atoms with van der Waals surface area (Å²) in [5, 5.41) is 2.46. The average Bonchev–Trinajstić information content (AvgIpc) is 2.39. The number of benzene rings is 2. The van der Waals surface area contributed by atoms with Crippen molar-refractivity contribution in [2.24, 2.45) is 0 Å². The fourth-order valence-electron chi connectivity index (χ4n) is 2.27. The van der Waals surface area contributed by atoms with E-state index in [0.717, 1.165) is 15.7 Å². The monoisotopic (exact) mass is 297 g/mol. The van der Waals surface area contributed by atoms with Crippen LogP contribution in [-0.2, 0) is 0 Å². The predicted molar refractivity (Wildman–Crippen MR) is 79.6 cm³/mol. The van der Waals surface area contributed by atoms with E-state index in [4.69, 9.17) is 0 Å². The Balaban J connectivity index is 2.40. The summed E-state index contributed by atoms with van der Waals surface area (Å²) in [5.74, 6) is 0. The van der Waals surface area contributed by atoms with Crippen molar-refractivity contribution in [3.05, 3.63) is 64.8 Å². The van der Waals surface area contributed by atoms with E-state index >= 15 is 0 Å². The van der Waals surface area contributed by atoms with Crippen molar-refractivity contribution < 1.29 is 0 Å². The molecule has 18 heavy (non-hydrogen) atoms. The van der Waals surface area contributed by atoms with Gasteiger partial charge in [-0.05, 0) is 30.0 Å². The van der Waals surface area contributed by atoms with Gasteiger partial charge in [0.25, 0.3) is 0 Å². The highest BCUT2D eigenvalue weighted by atomic mass is 79.9. The third kappa shape index (κ3) is 1.83. The second kappa shape index (κ2) is 4.54. The Kier molecular flexibility index (Phi) is 2.88. The number of aryl methyl sites for hydroxylation is 1. The van der Waals surface area contributed by atoms with Gasteiger partial charge in [-0.25, -0.2) is 0 Å². The number of halogens is 1. The minimum Gasteiger partial charge on any atom is -0.256 e. The first-order chi connectivity index (χ1) is 8.77. The molecule has 0 aliphatic carbocycles. The minimum atomic E-state index is 1.04. The molecule has 0 spiro atoms. The van der Waals surface area contributed by atoms with Gasteiger partial charge in [-0.2, -0.15) is 0 Å². The van der Waals surface area contributed by atoms with Gasteiger partial charge >= 0.3 is 0 Å². The molecule has 0 saturated carbocycles. The summed E-state index contributed by atoms with van der Waals surface area (Å²) in [4.78, 5) is 4.57. The maximum Gasteiger partial charge on any atom is 0.0794 e. The van der Waals surface area contributed by atoms with Crippen LogP contribution in [0, 0.1) is 6.92 Å². The van der Waals surface area contributed by atoms with Crippen molar-refractivity contribution in [1.82, 2.24) is 4.98 Å². The highest BCUT2D eigenvalue weighted by Crippen LogP contribution is 2.33. The largest absolute Gasteiger partial charge is 0.256 e. The van der Waals surface area contributed by atoms with E-state index in [0.29, 0.717) is 0 Å². The number of rotatable bonds is 1. The number of fused-ring (bicyclic) bond motifs is 1. The van der Waals surface area contributed by atoms with Crippen molar-refractivity contribution >= 4 is 26.7 Å². The topological polar surface area (TPSA) is 12.9 Å².